The molecular weight excluding hydrogens is 491 g/mol. The molecule has 0 unspecified atom stereocenters. The van der Waals surface area contributed by atoms with Gasteiger partial charge in [-0.05, 0) is 72.1 Å². The number of halogens is 3. The summed E-state index contributed by atoms with van der Waals surface area (Å²) in [5.41, 5.74) is 0.826. The molecule has 2 atom stereocenters. The molecule has 0 saturated carbocycles. The van der Waals surface area contributed by atoms with Crippen molar-refractivity contribution in [3.05, 3.63) is 62.5 Å². The summed E-state index contributed by atoms with van der Waals surface area (Å²) in [7, 11) is 0. The molecule has 0 fully saturated rings. The van der Waals surface area contributed by atoms with Gasteiger partial charge in [-0.2, -0.15) is 0 Å². The molecule has 1 N–H and O–H groups in total. The van der Waals surface area contributed by atoms with Gasteiger partial charge in [0.2, 0.25) is 5.91 Å². The Morgan fingerprint density at radius 3 is 2.47 bits per heavy atom. The SMILES string of the molecule is CC[C@@H](C)NC(=O)[C@H](C)N(Cc1cccc(Cl)c1)C(=O)COc1ccc(Cl)cc1Br. The molecule has 5 nitrogen and oxygen atoms in total. The molecule has 0 bridgehead atoms. The second-order valence-electron chi connectivity index (χ2n) is 7.01. The lowest BCUT2D eigenvalue weighted by atomic mass is 10.1. The summed E-state index contributed by atoms with van der Waals surface area (Å²) in [6, 6.07) is 11.6. The quantitative estimate of drug-likeness (QED) is 0.482. The van der Waals surface area contributed by atoms with Crippen molar-refractivity contribution in [2.24, 2.45) is 0 Å². The fourth-order valence-electron chi connectivity index (χ4n) is 2.69. The van der Waals surface area contributed by atoms with Crippen LogP contribution in [0.15, 0.2) is 46.9 Å². The number of carbonyl (C=O) groups excluding carboxylic acids is 2. The van der Waals surface area contributed by atoms with Gasteiger partial charge in [0.1, 0.15) is 11.8 Å². The minimum atomic E-state index is -0.678. The highest BCUT2D eigenvalue weighted by molar-refractivity contribution is 9.10. The van der Waals surface area contributed by atoms with E-state index in [4.69, 9.17) is 27.9 Å². The van der Waals surface area contributed by atoms with Gasteiger partial charge in [0.25, 0.3) is 5.91 Å². The van der Waals surface area contributed by atoms with E-state index in [1.54, 1.807) is 37.3 Å². The van der Waals surface area contributed by atoms with Crippen LogP contribution >= 0.6 is 39.1 Å². The summed E-state index contributed by atoms with van der Waals surface area (Å²) in [6.07, 6.45) is 0.800. The lowest BCUT2D eigenvalue weighted by molar-refractivity contribution is -0.142. The molecule has 2 rings (SSSR count). The Balaban J connectivity index is 2.18. The number of hydrogen-bond donors (Lipinski definition) is 1. The molecule has 0 radical (unpaired) electrons. The lowest BCUT2D eigenvalue weighted by Gasteiger charge is -2.29. The van der Waals surface area contributed by atoms with Crippen molar-refractivity contribution in [2.45, 2.75) is 45.8 Å². The molecule has 8 heteroatoms. The number of hydrogen-bond acceptors (Lipinski definition) is 3. The minimum Gasteiger partial charge on any atom is -0.483 e. The third-order valence-corrected chi connectivity index (χ3v) is 5.75. The number of benzene rings is 2. The fourth-order valence-corrected chi connectivity index (χ4v) is 3.70. The van der Waals surface area contributed by atoms with Crippen LogP contribution in [0.1, 0.15) is 32.8 Å². The topological polar surface area (TPSA) is 58.6 Å². The van der Waals surface area contributed by atoms with Gasteiger partial charge in [-0.3, -0.25) is 9.59 Å². The first kappa shape index (κ1) is 24.5. The highest BCUT2D eigenvalue weighted by atomic mass is 79.9. The van der Waals surface area contributed by atoms with E-state index in [0.717, 1.165) is 12.0 Å². The van der Waals surface area contributed by atoms with Crippen molar-refractivity contribution < 1.29 is 14.3 Å². The van der Waals surface area contributed by atoms with Gasteiger partial charge < -0.3 is 15.0 Å². The molecule has 0 aromatic heterocycles. The van der Waals surface area contributed by atoms with E-state index in [9.17, 15) is 9.59 Å². The second kappa shape index (κ2) is 11.6. The normalized spacial score (nSPS) is 12.7. The van der Waals surface area contributed by atoms with Crippen molar-refractivity contribution in [3.8, 4) is 5.75 Å². The third kappa shape index (κ3) is 7.18. The molecule has 2 aromatic rings. The number of ether oxygens (including phenoxy) is 1. The van der Waals surface area contributed by atoms with Crippen LogP contribution in [0.25, 0.3) is 0 Å². The van der Waals surface area contributed by atoms with Crippen LogP contribution in [-0.4, -0.2) is 35.4 Å². The van der Waals surface area contributed by atoms with E-state index >= 15 is 0 Å². The van der Waals surface area contributed by atoms with E-state index < -0.39 is 6.04 Å². The summed E-state index contributed by atoms with van der Waals surface area (Å²) in [5, 5.41) is 4.05. The average molecular weight is 516 g/mol. The molecule has 2 aromatic carbocycles. The maximum atomic E-state index is 13.0. The molecule has 0 spiro atoms. The fraction of sp³-hybridized carbons (Fsp3) is 0.364. The van der Waals surface area contributed by atoms with E-state index in [-0.39, 0.29) is 31.0 Å². The first-order chi connectivity index (χ1) is 14.2. The van der Waals surface area contributed by atoms with Crippen molar-refractivity contribution >= 4 is 50.9 Å². The van der Waals surface area contributed by atoms with Crippen molar-refractivity contribution in [1.29, 1.82) is 0 Å². The van der Waals surface area contributed by atoms with Crippen LogP contribution in [0, 0.1) is 0 Å². The van der Waals surface area contributed by atoms with Gasteiger partial charge in [0.15, 0.2) is 6.61 Å². The molecule has 0 aliphatic carbocycles. The summed E-state index contributed by atoms with van der Waals surface area (Å²) >= 11 is 15.4. The highest BCUT2D eigenvalue weighted by Gasteiger charge is 2.27. The number of carbonyl (C=O) groups is 2. The number of nitrogens with zero attached hydrogens (tertiary/aromatic N) is 1. The Kier molecular flexibility index (Phi) is 9.46. The largest absolute Gasteiger partial charge is 0.483 e. The Labute approximate surface area is 195 Å². The minimum absolute atomic E-state index is 0.0179. The Hall–Kier alpha value is -1.76. The second-order valence-corrected chi connectivity index (χ2v) is 8.74. The first-order valence-electron chi connectivity index (χ1n) is 9.63. The number of amides is 2. The van der Waals surface area contributed by atoms with Gasteiger partial charge in [-0.1, -0.05) is 42.3 Å². The van der Waals surface area contributed by atoms with Gasteiger partial charge in [0.05, 0.1) is 4.47 Å². The van der Waals surface area contributed by atoms with Crippen molar-refractivity contribution in [1.82, 2.24) is 10.2 Å². The molecule has 0 heterocycles. The number of rotatable bonds is 9. The predicted molar refractivity (Wildman–Crippen MR) is 124 cm³/mol. The van der Waals surface area contributed by atoms with E-state index in [2.05, 4.69) is 21.2 Å². The molecular formula is C22H25BrCl2N2O3. The Bertz CT molecular complexity index is 894. The third-order valence-electron chi connectivity index (χ3n) is 4.66. The van der Waals surface area contributed by atoms with Crippen LogP contribution in [-0.2, 0) is 16.1 Å². The molecule has 0 aliphatic heterocycles. The highest BCUT2D eigenvalue weighted by Crippen LogP contribution is 2.28. The Morgan fingerprint density at radius 1 is 1.13 bits per heavy atom. The van der Waals surface area contributed by atoms with Crippen LogP contribution in [0.5, 0.6) is 5.75 Å². The predicted octanol–water partition coefficient (Wildman–Crippen LogP) is 5.47. The Morgan fingerprint density at radius 2 is 1.83 bits per heavy atom. The van der Waals surface area contributed by atoms with E-state index in [0.29, 0.717) is 20.3 Å². The van der Waals surface area contributed by atoms with Crippen LogP contribution in [0.3, 0.4) is 0 Å². The lowest BCUT2D eigenvalue weighted by Crippen LogP contribution is -2.50. The van der Waals surface area contributed by atoms with Gasteiger partial charge in [-0.25, -0.2) is 0 Å². The zero-order valence-corrected chi connectivity index (χ0v) is 20.2. The number of nitrogens with one attached hydrogen (secondary N) is 1. The van der Waals surface area contributed by atoms with Crippen LogP contribution in [0.4, 0.5) is 0 Å². The van der Waals surface area contributed by atoms with Crippen LogP contribution < -0.4 is 10.1 Å². The van der Waals surface area contributed by atoms with Crippen LogP contribution in [0.2, 0.25) is 10.0 Å². The zero-order valence-electron chi connectivity index (χ0n) is 17.1. The smallest absolute Gasteiger partial charge is 0.261 e. The summed E-state index contributed by atoms with van der Waals surface area (Å²) in [6.45, 7) is 5.64. The van der Waals surface area contributed by atoms with E-state index in [1.165, 1.54) is 4.90 Å². The molecule has 162 valence electrons. The molecule has 2 amide bonds. The molecule has 0 aliphatic rings. The molecule has 0 saturated heterocycles. The van der Waals surface area contributed by atoms with Gasteiger partial charge >= 0.3 is 0 Å². The maximum absolute atomic E-state index is 13.0. The van der Waals surface area contributed by atoms with E-state index in [1.807, 2.05) is 26.0 Å². The van der Waals surface area contributed by atoms with Crippen molar-refractivity contribution in [2.75, 3.05) is 6.61 Å². The van der Waals surface area contributed by atoms with Crippen molar-refractivity contribution in [3.63, 3.8) is 0 Å². The zero-order chi connectivity index (χ0) is 22.3. The average Bonchev–Trinajstić information content (AvgIpc) is 2.70. The summed E-state index contributed by atoms with van der Waals surface area (Å²) < 4.78 is 6.32. The summed E-state index contributed by atoms with van der Waals surface area (Å²) in [5.74, 6) is -0.0387. The standard InChI is InChI=1S/C22H25BrCl2N2O3/c1-4-14(2)26-22(29)15(3)27(12-16-6-5-7-17(24)10-16)21(28)13-30-20-9-8-18(25)11-19(20)23/h5-11,14-15H,4,12-13H2,1-3H3,(H,26,29)/t14-,15+/m1/s1. The molecule has 30 heavy (non-hydrogen) atoms. The summed E-state index contributed by atoms with van der Waals surface area (Å²) in [4.78, 5) is 27.2. The van der Waals surface area contributed by atoms with Gasteiger partial charge in [0, 0.05) is 22.6 Å². The maximum Gasteiger partial charge on any atom is 0.261 e. The van der Waals surface area contributed by atoms with Gasteiger partial charge in [-0.15, -0.1) is 0 Å². The first-order valence-corrected chi connectivity index (χ1v) is 11.2. The monoisotopic (exact) mass is 514 g/mol.